The number of ether oxygens (including phenoxy) is 2. The van der Waals surface area contributed by atoms with Gasteiger partial charge in [-0.3, -0.25) is 0 Å². The lowest BCUT2D eigenvalue weighted by atomic mass is 10.2. The second-order valence-corrected chi connectivity index (χ2v) is 3.32. The Morgan fingerprint density at radius 1 is 1.36 bits per heavy atom. The highest BCUT2D eigenvalue weighted by atomic mass is 35.5. The van der Waals surface area contributed by atoms with Gasteiger partial charge in [-0.15, -0.1) is 0 Å². The molecule has 0 unspecified atom stereocenters. The van der Waals surface area contributed by atoms with Gasteiger partial charge < -0.3 is 14.8 Å². The van der Waals surface area contributed by atoms with E-state index < -0.39 is 0 Å². The number of aryl methyl sites for hydroxylation is 1. The Bertz CT molecular complexity index is 315. The monoisotopic (exact) mass is 215 g/mol. The number of hydrogen-bond donors (Lipinski definition) is 1. The van der Waals surface area contributed by atoms with Crippen molar-refractivity contribution in [2.75, 3.05) is 26.3 Å². The molecule has 14 heavy (non-hydrogen) atoms. The predicted octanol–water partition coefficient (Wildman–Crippen LogP) is 2.67. The van der Waals surface area contributed by atoms with Crippen LogP contribution in [0.15, 0.2) is 12.1 Å². The predicted molar refractivity (Wildman–Crippen MR) is 58.2 cm³/mol. The number of anilines is 1. The minimum absolute atomic E-state index is 0.442. The lowest BCUT2D eigenvalue weighted by Gasteiger charge is -2.12. The number of rotatable bonds is 4. The van der Waals surface area contributed by atoms with Gasteiger partial charge in [-0.1, -0.05) is 11.6 Å². The van der Waals surface area contributed by atoms with Crippen LogP contribution in [0.1, 0.15) is 5.56 Å². The standard InChI is InChI=1S/C10H14ClNO2/c1-7-4-9(12-6-13-2)10(14-3)5-8(7)11/h4-5,12H,6H2,1-3H3. The number of methoxy groups -OCH3 is 2. The zero-order valence-corrected chi connectivity index (χ0v) is 9.31. The molecule has 0 bridgehead atoms. The van der Waals surface area contributed by atoms with Crippen LogP contribution in [-0.4, -0.2) is 21.0 Å². The molecule has 0 atom stereocenters. The quantitative estimate of drug-likeness (QED) is 0.784. The van der Waals surface area contributed by atoms with Crippen LogP contribution in [0.2, 0.25) is 5.02 Å². The van der Waals surface area contributed by atoms with E-state index in [4.69, 9.17) is 21.1 Å². The van der Waals surface area contributed by atoms with Crippen molar-refractivity contribution < 1.29 is 9.47 Å². The zero-order chi connectivity index (χ0) is 10.6. The second-order valence-electron chi connectivity index (χ2n) is 2.91. The Kier molecular flexibility index (Phi) is 4.04. The number of nitrogens with one attached hydrogen (secondary N) is 1. The molecule has 0 heterocycles. The summed E-state index contributed by atoms with van der Waals surface area (Å²) in [6.45, 7) is 2.39. The normalized spacial score (nSPS) is 10.0. The zero-order valence-electron chi connectivity index (χ0n) is 8.56. The first-order valence-corrected chi connectivity index (χ1v) is 4.63. The van der Waals surface area contributed by atoms with Crippen molar-refractivity contribution in [2.45, 2.75) is 6.92 Å². The Morgan fingerprint density at radius 3 is 2.64 bits per heavy atom. The van der Waals surface area contributed by atoms with E-state index in [0.717, 1.165) is 17.0 Å². The van der Waals surface area contributed by atoms with Crippen LogP contribution in [0.3, 0.4) is 0 Å². The van der Waals surface area contributed by atoms with Crippen LogP contribution in [0.25, 0.3) is 0 Å². The molecule has 0 amide bonds. The van der Waals surface area contributed by atoms with Gasteiger partial charge in [-0.25, -0.2) is 0 Å². The van der Waals surface area contributed by atoms with Crippen molar-refractivity contribution in [3.63, 3.8) is 0 Å². The van der Waals surface area contributed by atoms with E-state index in [1.54, 1.807) is 20.3 Å². The molecule has 0 aromatic heterocycles. The summed E-state index contributed by atoms with van der Waals surface area (Å²) in [4.78, 5) is 0. The average Bonchev–Trinajstić information content (AvgIpc) is 2.19. The maximum absolute atomic E-state index is 5.96. The minimum Gasteiger partial charge on any atom is -0.495 e. The van der Waals surface area contributed by atoms with Crippen LogP contribution in [0.5, 0.6) is 5.75 Å². The van der Waals surface area contributed by atoms with Gasteiger partial charge in [0.25, 0.3) is 0 Å². The van der Waals surface area contributed by atoms with Crippen molar-refractivity contribution in [1.29, 1.82) is 0 Å². The molecule has 1 rings (SSSR count). The fraction of sp³-hybridized carbons (Fsp3) is 0.400. The number of halogens is 1. The molecule has 1 aromatic carbocycles. The van der Waals surface area contributed by atoms with E-state index in [0.29, 0.717) is 11.8 Å². The maximum Gasteiger partial charge on any atom is 0.143 e. The third-order valence-corrected chi connectivity index (χ3v) is 2.29. The topological polar surface area (TPSA) is 30.5 Å². The van der Waals surface area contributed by atoms with Gasteiger partial charge in [0.1, 0.15) is 12.5 Å². The number of hydrogen-bond acceptors (Lipinski definition) is 3. The molecular formula is C10H14ClNO2. The molecule has 78 valence electrons. The molecule has 1 aromatic rings. The summed E-state index contributed by atoms with van der Waals surface area (Å²) < 4.78 is 10.1. The molecule has 0 fully saturated rings. The summed E-state index contributed by atoms with van der Waals surface area (Å²) in [7, 11) is 3.24. The van der Waals surface area contributed by atoms with Gasteiger partial charge in [0.2, 0.25) is 0 Å². The lowest BCUT2D eigenvalue weighted by Crippen LogP contribution is -2.04. The summed E-state index contributed by atoms with van der Waals surface area (Å²) in [5.74, 6) is 0.720. The fourth-order valence-corrected chi connectivity index (χ4v) is 1.27. The Labute approximate surface area is 89.0 Å². The highest BCUT2D eigenvalue weighted by molar-refractivity contribution is 6.31. The maximum atomic E-state index is 5.96. The van der Waals surface area contributed by atoms with E-state index in [-0.39, 0.29) is 0 Å². The van der Waals surface area contributed by atoms with E-state index in [1.165, 1.54) is 0 Å². The third kappa shape index (κ3) is 2.53. The highest BCUT2D eigenvalue weighted by Gasteiger charge is 2.05. The Balaban J connectivity index is 2.95. The van der Waals surface area contributed by atoms with E-state index in [1.807, 2.05) is 13.0 Å². The second kappa shape index (κ2) is 5.08. The Morgan fingerprint density at radius 2 is 2.07 bits per heavy atom. The fourth-order valence-electron chi connectivity index (χ4n) is 1.12. The smallest absolute Gasteiger partial charge is 0.143 e. The van der Waals surface area contributed by atoms with Gasteiger partial charge in [0, 0.05) is 18.2 Å². The summed E-state index contributed by atoms with van der Waals surface area (Å²) >= 11 is 5.96. The largest absolute Gasteiger partial charge is 0.495 e. The average molecular weight is 216 g/mol. The van der Waals surface area contributed by atoms with E-state index >= 15 is 0 Å². The summed E-state index contributed by atoms with van der Waals surface area (Å²) in [6.07, 6.45) is 0. The summed E-state index contributed by atoms with van der Waals surface area (Å²) in [5, 5.41) is 3.77. The van der Waals surface area contributed by atoms with Crippen molar-refractivity contribution in [1.82, 2.24) is 0 Å². The third-order valence-electron chi connectivity index (χ3n) is 1.89. The van der Waals surface area contributed by atoms with Gasteiger partial charge in [-0.2, -0.15) is 0 Å². The van der Waals surface area contributed by atoms with Crippen molar-refractivity contribution in [3.8, 4) is 5.75 Å². The molecule has 0 saturated carbocycles. The minimum atomic E-state index is 0.442. The molecule has 0 aliphatic heterocycles. The van der Waals surface area contributed by atoms with Crippen LogP contribution in [0.4, 0.5) is 5.69 Å². The Hall–Kier alpha value is -0.930. The number of benzene rings is 1. The molecule has 3 nitrogen and oxygen atoms in total. The molecule has 0 spiro atoms. The van der Waals surface area contributed by atoms with Crippen molar-refractivity contribution >= 4 is 17.3 Å². The first-order valence-electron chi connectivity index (χ1n) is 4.26. The SMILES string of the molecule is COCNc1cc(C)c(Cl)cc1OC. The van der Waals surface area contributed by atoms with Gasteiger partial charge >= 0.3 is 0 Å². The van der Waals surface area contributed by atoms with Crippen LogP contribution in [0, 0.1) is 6.92 Å². The summed E-state index contributed by atoms with van der Waals surface area (Å²) in [5.41, 5.74) is 1.89. The molecule has 1 N–H and O–H groups in total. The van der Waals surface area contributed by atoms with Crippen LogP contribution in [-0.2, 0) is 4.74 Å². The van der Waals surface area contributed by atoms with Crippen molar-refractivity contribution in [3.05, 3.63) is 22.7 Å². The van der Waals surface area contributed by atoms with Crippen LogP contribution < -0.4 is 10.1 Å². The first-order chi connectivity index (χ1) is 6.69. The molecule has 0 aliphatic rings. The van der Waals surface area contributed by atoms with Gasteiger partial charge in [-0.05, 0) is 18.6 Å². The molecule has 0 radical (unpaired) electrons. The van der Waals surface area contributed by atoms with Gasteiger partial charge in [0.05, 0.1) is 12.8 Å². The van der Waals surface area contributed by atoms with E-state index in [2.05, 4.69) is 5.32 Å². The van der Waals surface area contributed by atoms with E-state index in [9.17, 15) is 0 Å². The molecule has 4 heteroatoms. The summed E-state index contributed by atoms with van der Waals surface area (Å²) in [6, 6.07) is 3.72. The lowest BCUT2D eigenvalue weighted by molar-refractivity contribution is 0.221. The first kappa shape index (κ1) is 11.1. The van der Waals surface area contributed by atoms with Crippen molar-refractivity contribution in [2.24, 2.45) is 0 Å². The highest BCUT2D eigenvalue weighted by Crippen LogP contribution is 2.30. The van der Waals surface area contributed by atoms with Crippen LogP contribution >= 0.6 is 11.6 Å². The molecule has 0 aliphatic carbocycles. The molecule has 0 saturated heterocycles. The molecular weight excluding hydrogens is 202 g/mol. The van der Waals surface area contributed by atoms with Gasteiger partial charge in [0.15, 0.2) is 0 Å².